The van der Waals surface area contributed by atoms with Crippen molar-refractivity contribution in [3.8, 4) is 11.3 Å². The molecule has 1 saturated heterocycles. The maximum absolute atomic E-state index is 14.0. The first kappa shape index (κ1) is 24.6. The van der Waals surface area contributed by atoms with Crippen molar-refractivity contribution in [2.24, 2.45) is 0 Å². The average molecular weight is 500 g/mol. The number of carbonyl (C=O) groups excluding carboxylic acids is 1. The Morgan fingerprint density at radius 3 is 2.69 bits per heavy atom. The molecule has 6 heteroatoms. The van der Waals surface area contributed by atoms with Crippen LogP contribution in [0.1, 0.15) is 53.7 Å². The minimum Gasteiger partial charge on any atom is -0.375 e. The van der Waals surface area contributed by atoms with Gasteiger partial charge in [0.15, 0.2) is 0 Å². The fraction of sp³-hybridized carbons (Fsp3) is 0.333. The van der Waals surface area contributed by atoms with E-state index in [9.17, 15) is 4.79 Å². The number of amides is 1. The van der Waals surface area contributed by atoms with Gasteiger partial charge in [-0.1, -0.05) is 55.5 Å². The van der Waals surface area contributed by atoms with E-state index in [0.29, 0.717) is 24.8 Å². The van der Waals surface area contributed by atoms with E-state index in [1.165, 1.54) is 6.42 Å². The highest BCUT2D eigenvalue weighted by molar-refractivity contribution is 7.08. The van der Waals surface area contributed by atoms with Gasteiger partial charge in [0.2, 0.25) is 0 Å². The van der Waals surface area contributed by atoms with Crippen molar-refractivity contribution in [1.29, 1.82) is 0 Å². The Balaban J connectivity index is 1.55. The minimum absolute atomic E-state index is 0.0730. The fourth-order valence-electron chi connectivity index (χ4n) is 5.11. The number of pyridine rings is 1. The van der Waals surface area contributed by atoms with Gasteiger partial charge in [-0.15, -0.1) is 0 Å². The second kappa shape index (κ2) is 11.3. The van der Waals surface area contributed by atoms with E-state index in [4.69, 9.17) is 9.72 Å². The van der Waals surface area contributed by atoms with Gasteiger partial charge in [-0.2, -0.15) is 11.3 Å². The van der Waals surface area contributed by atoms with Crippen molar-refractivity contribution < 1.29 is 9.53 Å². The lowest BCUT2D eigenvalue weighted by Crippen LogP contribution is -2.31. The summed E-state index contributed by atoms with van der Waals surface area (Å²) in [4.78, 5) is 21.4. The van der Waals surface area contributed by atoms with Crippen LogP contribution < -0.4 is 5.32 Å². The molecule has 186 valence electrons. The van der Waals surface area contributed by atoms with Gasteiger partial charge in [0, 0.05) is 27.9 Å². The van der Waals surface area contributed by atoms with Crippen molar-refractivity contribution in [2.45, 2.75) is 44.9 Å². The maximum Gasteiger partial charge on any atom is 0.252 e. The Labute approximate surface area is 217 Å². The summed E-state index contributed by atoms with van der Waals surface area (Å²) in [6.45, 7) is 4.20. The smallest absolute Gasteiger partial charge is 0.252 e. The molecule has 4 aromatic rings. The topological polar surface area (TPSA) is 54.5 Å². The third kappa shape index (κ3) is 5.21. The summed E-state index contributed by atoms with van der Waals surface area (Å²) >= 11 is 1.63. The van der Waals surface area contributed by atoms with E-state index in [1.807, 2.05) is 47.8 Å². The molecule has 0 aliphatic carbocycles. The van der Waals surface area contributed by atoms with E-state index in [0.717, 1.165) is 52.7 Å². The first-order chi connectivity index (χ1) is 17.7. The average Bonchev–Trinajstić information content (AvgIpc) is 3.59. The second-order valence-electron chi connectivity index (χ2n) is 9.48. The highest BCUT2D eigenvalue weighted by Gasteiger charge is 2.25. The number of aromatic nitrogens is 1. The normalized spacial score (nSPS) is 16.9. The summed E-state index contributed by atoms with van der Waals surface area (Å²) in [5.41, 5.74) is 5.28. The molecule has 3 heterocycles. The molecule has 1 amide bonds. The first-order valence-corrected chi connectivity index (χ1v) is 13.7. The van der Waals surface area contributed by atoms with Crippen molar-refractivity contribution >= 4 is 28.1 Å². The zero-order chi connectivity index (χ0) is 24.9. The van der Waals surface area contributed by atoms with Gasteiger partial charge >= 0.3 is 0 Å². The number of hydrogen-bond acceptors (Lipinski definition) is 5. The van der Waals surface area contributed by atoms with E-state index in [2.05, 4.69) is 47.8 Å². The molecule has 2 atom stereocenters. The van der Waals surface area contributed by atoms with Crippen LogP contribution in [0.4, 0.5) is 0 Å². The zero-order valence-corrected chi connectivity index (χ0v) is 21.8. The molecule has 0 spiro atoms. The van der Waals surface area contributed by atoms with Crippen molar-refractivity contribution in [3.63, 3.8) is 0 Å². The van der Waals surface area contributed by atoms with E-state index >= 15 is 0 Å². The number of carbonyl (C=O) groups is 1. The highest BCUT2D eigenvalue weighted by Crippen LogP contribution is 2.33. The number of likely N-dealkylation sites (tertiary alicyclic amines) is 1. The largest absolute Gasteiger partial charge is 0.375 e. The van der Waals surface area contributed by atoms with Gasteiger partial charge in [0.25, 0.3) is 5.91 Å². The van der Waals surface area contributed by atoms with E-state index in [1.54, 1.807) is 11.3 Å². The third-order valence-electron chi connectivity index (χ3n) is 7.16. The number of hydrogen-bond donors (Lipinski definition) is 1. The Morgan fingerprint density at radius 1 is 1.17 bits per heavy atom. The molecule has 1 fully saturated rings. The van der Waals surface area contributed by atoms with Crippen LogP contribution in [0.2, 0.25) is 0 Å². The lowest BCUT2D eigenvalue weighted by Gasteiger charge is -2.22. The number of rotatable bonds is 9. The summed E-state index contributed by atoms with van der Waals surface area (Å²) < 4.78 is 6.31. The van der Waals surface area contributed by atoms with Gasteiger partial charge in [0.1, 0.15) is 0 Å². The Morgan fingerprint density at radius 2 is 1.97 bits per heavy atom. The molecule has 36 heavy (non-hydrogen) atoms. The summed E-state index contributed by atoms with van der Waals surface area (Å²) in [5, 5.41) is 8.31. The molecular weight excluding hydrogens is 466 g/mol. The van der Waals surface area contributed by atoms with Crippen LogP contribution in [0.15, 0.2) is 71.4 Å². The van der Waals surface area contributed by atoms with E-state index < -0.39 is 0 Å². The van der Waals surface area contributed by atoms with Crippen LogP contribution >= 0.6 is 11.3 Å². The molecule has 5 nitrogen and oxygen atoms in total. The first-order valence-electron chi connectivity index (χ1n) is 12.7. The van der Waals surface area contributed by atoms with Gasteiger partial charge in [-0.3, -0.25) is 4.79 Å². The number of thiophene rings is 1. The van der Waals surface area contributed by atoms with Gasteiger partial charge in [-0.05, 0) is 55.9 Å². The van der Waals surface area contributed by atoms with E-state index in [-0.39, 0.29) is 11.9 Å². The predicted octanol–water partition coefficient (Wildman–Crippen LogP) is 6.46. The predicted molar refractivity (Wildman–Crippen MR) is 147 cm³/mol. The molecule has 1 N–H and O–H groups in total. The quantitative estimate of drug-likeness (QED) is 0.287. The van der Waals surface area contributed by atoms with Gasteiger partial charge < -0.3 is 15.0 Å². The molecule has 0 bridgehead atoms. The fourth-order valence-corrected chi connectivity index (χ4v) is 5.75. The zero-order valence-electron chi connectivity index (χ0n) is 20.9. The Bertz CT molecular complexity index is 1310. The molecule has 1 aliphatic heterocycles. The number of ether oxygens (including phenoxy) is 1. The number of nitrogens with zero attached hydrogens (tertiary/aromatic N) is 2. The SMILES string of the molecule is CC[C@H](NC(=O)c1c(COCC2CCCN2C)c(-c2ccsc2)nc2ccccc12)c1ccccc1. The monoisotopic (exact) mass is 499 g/mol. The maximum atomic E-state index is 14.0. The van der Waals surface area contributed by atoms with Crippen LogP contribution in [0, 0.1) is 0 Å². The standard InChI is InChI=1S/C30H33N3O2S/c1-3-26(21-10-5-4-6-11-21)32-30(34)28-24-13-7-8-14-27(24)31-29(22-15-17-36-20-22)25(28)19-35-18-23-12-9-16-33(23)2/h4-8,10-11,13-15,17,20,23,26H,3,9,12,16,18-19H2,1-2H3,(H,32,34)/t23?,26-/m0/s1. The molecule has 5 rings (SSSR count). The van der Waals surface area contributed by atoms with Crippen molar-refractivity contribution in [1.82, 2.24) is 15.2 Å². The Kier molecular flexibility index (Phi) is 7.75. The number of benzene rings is 2. The van der Waals surface area contributed by atoms with Gasteiger partial charge in [0.05, 0.1) is 36.0 Å². The number of nitrogens with one attached hydrogen (secondary N) is 1. The molecule has 0 radical (unpaired) electrons. The second-order valence-corrected chi connectivity index (χ2v) is 10.3. The minimum atomic E-state index is -0.0858. The molecule has 2 aromatic carbocycles. The molecular formula is C30H33N3O2S. The lowest BCUT2D eigenvalue weighted by atomic mass is 9.96. The number of fused-ring (bicyclic) bond motifs is 1. The van der Waals surface area contributed by atoms with Crippen molar-refractivity contribution in [2.75, 3.05) is 20.2 Å². The number of para-hydroxylation sites is 1. The van der Waals surface area contributed by atoms with Crippen LogP contribution in [-0.4, -0.2) is 42.0 Å². The molecule has 1 unspecified atom stereocenters. The highest BCUT2D eigenvalue weighted by atomic mass is 32.1. The molecule has 1 aliphatic rings. The molecule has 2 aromatic heterocycles. The summed E-state index contributed by atoms with van der Waals surface area (Å²) in [7, 11) is 2.16. The lowest BCUT2D eigenvalue weighted by molar-refractivity contribution is 0.0737. The van der Waals surface area contributed by atoms with Gasteiger partial charge in [-0.25, -0.2) is 4.98 Å². The summed E-state index contributed by atoms with van der Waals surface area (Å²) in [6.07, 6.45) is 3.15. The van der Waals surface area contributed by atoms with Crippen LogP contribution in [0.25, 0.3) is 22.2 Å². The summed E-state index contributed by atoms with van der Waals surface area (Å²) in [6, 6.07) is 20.5. The van der Waals surface area contributed by atoms with Crippen LogP contribution in [-0.2, 0) is 11.3 Å². The summed E-state index contributed by atoms with van der Waals surface area (Å²) in [5.74, 6) is -0.0858. The van der Waals surface area contributed by atoms with Crippen LogP contribution in [0.3, 0.4) is 0 Å². The Hall–Kier alpha value is -3.06. The third-order valence-corrected chi connectivity index (χ3v) is 7.84. The van der Waals surface area contributed by atoms with Crippen LogP contribution in [0.5, 0.6) is 0 Å². The van der Waals surface area contributed by atoms with Crippen molar-refractivity contribution in [3.05, 3.63) is 88.1 Å². The molecule has 0 saturated carbocycles. The number of likely N-dealkylation sites (N-methyl/N-ethyl adjacent to an activating group) is 1.